The third-order valence-electron chi connectivity index (χ3n) is 8.10. The molecule has 11 heteroatoms. The topological polar surface area (TPSA) is 152 Å². The largest absolute Gasteiger partial charge is 0.507 e. The minimum atomic E-state index is -0.344. The van der Waals surface area contributed by atoms with E-state index in [9.17, 15) is 19.8 Å². The number of phenolic OH excluding ortho intramolecular Hbond substituents is 2. The first-order chi connectivity index (χ1) is 25.3. The Morgan fingerprint density at radius 2 is 1.15 bits per heavy atom. The second kappa shape index (κ2) is 14.8. The first kappa shape index (κ1) is 33.5. The average Bonchev–Trinajstić information content (AvgIpc) is 3.61. The van der Waals surface area contributed by atoms with Crippen LogP contribution in [0, 0.1) is 0 Å². The minimum Gasteiger partial charge on any atom is -0.507 e. The summed E-state index contributed by atoms with van der Waals surface area (Å²) in [7, 11) is 0. The van der Waals surface area contributed by atoms with E-state index in [1.807, 2.05) is 24.3 Å². The Balaban J connectivity index is 0.980. The number of carbonyl (C=O) groups excluding carboxylic acids is 2. The molecule has 1 heterocycles. The van der Waals surface area contributed by atoms with Gasteiger partial charge in [0.15, 0.2) is 0 Å². The fourth-order valence-corrected chi connectivity index (χ4v) is 5.52. The van der Waals surface area contributed by atoms with E-state index in [2.05, 4.69) is 30.6 Å². The lowest BCUT2D eigenvalue weighted by atomic mass is 10.1. The number of aromatic nitrogens is 2. The van der Waals surface area contributed by atoms with Crippen molar-refractivity contribution in [2.24, 2.45) is 9.98 Å². The number of aliphatic imine (C=N–C) groups is 2. The van der Waals surface area contributed by atoms with Crippen LogP contribution < -0.4 is 10.6 Å². The number of aromatic hydroxyl groups is 2. The van der Waals surface area contributed by atoms with E-state index in [4.69, 9.17) is 11.6 Å². The highest BCUT2D eigenvalue weighted by molar-refractivity contribution is 6.38. The zero-order valence-electron chi connectivity index (χ0n) is 27.3. The Bertz CT molecular complexity index is 2470. The standard InChI is InChI=1S/C41H29ClN6O4/c42-37-33(47-41(52)27-13-17-31(18-14-27)44-24-29-6-2-4-8-36(29)50)21-22-34-38(37)48-39(46-34)25-9-19-32(20-10-25)45-40(51)26-11-15-30(16-12-26)43-23-28-5-1-3-7-35(28)49/h1-24,49-50H,(H,45,51)(H,46,48)(H,47,52). The lowest BCUT2D eigenvalue weighted by Gasteiger charge is -2.08. The van der Waals surface area contributed by atoms with Gasteiger partial charge in [-0.1, -0.05) is 35.9 Å². The van der Waals surface area contributed by atoms with Crippen molar-refractivity contribution in [1.82, 2.24) is 9.97 Å². The number of para-hydroxylation sites is 2. The highest BCUT2D eigenvalue weighted by atomic mass is 35.5. The molecule has 1 aromatic heterocycles. The number of anilines is 2. The van der Waals surface area contributed by atoms with Gasteiger partial charge in [-0.05, 0) is 109 Å². The lowest BCUT2D eigenvalue weighted by molar-refractivity contribution is 0.101. The van der Waals surface area contributed by atoms with Crippen LogP contribution in [0.3, 0.4) is 0 Å². The molecule has 5 N–H and O–H groups in total. The molecule has 10 nitrogen and oxygen atoms in total. The van der Waals surface area contributed by atoms with Crippen LogP contribution >= 0.6 is 11.6 Å². The number of H-pyrrole nitrogens is 1. The van der Waals surface area contributed by atoms with Gasteiger partial charge < -0.3 is 25.8 Å². The fourth-order valence-electron chi connectivity index (χ4n) is 5.27. The van der Waals surface area contributed by atoms with Crippen LogP contribution in [0.25, 0.3) is 22.4 Å². The zero-order chi connectivity index (χ0) is 36.0. The third kappa shape index (κ3) is 7.57. The zero-order valence-corrected chi connectivity index (χ0v) is 28.0. The summed E-state index contributed by atoms with van der Waals surface area (Å²) in [6, 6.07) is 38.0. The van der Waals surface area contributed by atoms with Gasteiger partial charge >= 0.3 is 0 Å². The van der Waals surface area contributed by atoms with Crippen molar-refractivity contribution in [1.29, 1.82) is 0 Å². The van der Waals surface area contributed by atoms with E-state index in [1.54, 1.807) is 122 Å². The molecule has 0 spiro atoms. The predicted octanol–water partition coefficient (Wildman–Crippen LogP) is 9.30. The molecular formula is C41H29ClN6O4. The molecule has 0 aliphatic rings. The number of hydrogen-bond acceptors (Lipinski definition) is 7. The molecular weight excluding hydrogens is 676 g/mol. The normalized spacial score (nSPS) is 11.3. The van der Waals surface area contributed by atoms with E-state index < -0.39 is 0 Å². The highest BCUT2D eigenvalue weighted by Gasteiger charge is 2.15. The van der Waals surface area contributed by atoms with Gasteiger partial charge in [0, 0.05) is 45.9 Å². The van der Waals surface area contributed by atoms with Crippen LogP contribution in [0.15, 0.2) is 143 Å². The second-order valence-electron chi connectivity index (χ2n) is 11.6. The number of carbonyl (C=O) groups is 2. The van der Waals surface area contributed by atoms with Crippen LogP contribution in [-0.4, -0.2) is 44.4 Å². The van der Waals surface area contributed by atoms with Gasteiger partial charge in [-0.3, -0.25) is 19.6 Å². The monoisotopic (exact) mass is 704 g/mol. The molecule has 0 radical (unpaired) electrons. The first-order valence-electron chi connectivity index (χ1n) is 16.1. The van der Waals surface area contributed by atoms with Crippen molar-refractivity contribution in [3.05, 3.63) is 161 Å². The number of hydrogen-bond donors (Lipinski definition) is 5. The van der Waals surface area contributed by atoms with Crippen molar-refractivity contribution in [3.63, 3.8) is 0 Å². The van der Waals surface area contributed by atoms with Crippen molar-refractivity contribution in [3.8, 4) is 22.9 Å². The van der Waals surface area contributed by atoms with E-state index in [0.29, 0.717) is 66.9 Å². The van der Waals surface area contributed by atoms with Crippen LogP contribution in [-0.2, 0) is 0 Å². The molecule has 0 aliphatic heterocycles. The number of halogens is 1. The summed E-state index contributed by atoms with van der Waals surface area (Å²) in [6.45, 7) is 0. The summed E-state index contributed by atoms with van der Waals surface area (Å²) < 4.78 is 0. The molecule has 254 valence electrons. The molecule has 0 saturated heterocycles. The molecule has 7 aromatic rings. The van der Waals surface area contributed by atoms with Crippen molar-refractivity contribution in [2.75, 3.05) is 10.6 Å². The summed E-state index contributed by atoms with van der Waals surface area (Å²) in [4.78, 5) is 42.6. The fraction of sp³-hybridized carbons (Fsp3) is 0. The number of aromatic amines is 1. The number of nitrogens with one attached hydrogen (secondary N) is 3. The van der Waals surface area contributed by atoms with E-state index in [-0.39, 0.29) is 23.3 Å². The summed E-state index contributed by atoms with van der Waals surface area (Å²) >= 11 is 6.72. The van der Waals surface area contributed by atoms with E-state index >= 15 is 0 Å². The Hall–Kier alpha value is -7.04. The molecule has 6 aromatic carbocycles. The van der Waals surface area contributed by atoms with Crippen LogP contribution in [0.5, 0.6) is 11.5 Å². The molecule has 0 unspecified atom stereocenters. The number of benzene rings is 6. The van der Waals surface area contributed by atoms with Crippen molar-refractivity contribution in [2.45, 2.75) is 0 Å². The smallest absolute Gasteiger partial charge is 0.255 e. The number of rotatable bonds is 9. The maximum atomic E-state index is 13.1. The maximum absolute atomic E-state index is 13.1. The van der Waals surface area contributed by atoms with Crippen LogP contribution in [0.1, 0.15) is 31.8 Å². The Morgan fingerprint density at radius 1 is 0.635 bits per heavy atom. The van der Waals surface area contributed by atoms with Gasteiger partial charge in [-0.25, -0.2) is 4.98 Å². The predicted molar refractivity (Wildman–Crippen MR) is 206 cm³/mol. The van der Waals surface area contributed by atoms with Gasteiger partial charge in [-0.15, -0.1) is 0 Å². The summed E-state index contributed by atoms with van der Waals surface area (Å²) in [6.07, 6.45) is 3.13. The molecule has 52 heavy (non-hydrogen) atoms. The summed E-state index contributed by atoms with van der Waals surface area (Å²) in [5.74, 6) is 0.223. The SMILES string of the molecule is O=C(Nc1ccc(-c2nc3ccc(NC(=O)c4ccc(N=Cc5ccccc5O)cc4)c(Cl)c3[nH]2)cc1)c1ccc(N=Cc2ccccc2O)cc1. The molecule has 2 amide bonds. The molecule has 0 saturated carbocycles. The Morgan fingerprint density at radius 3 is 1.69 bits per heavy atom. The molecule has 0 aliphatic carbocycles. The lowest BCUT2D eigenvalue weighted by Crippen LogP contribution is -2.12. The first-order valence-corrected chi connectivity index (χ1v) is 16.4. The van der Waals surface area contributed by atoms with Gasteiger partial charge in [0.1, 0.15) is 17.3 Å². The number of nitrogens with zero attached hydrogens (tertiary/aromatic N) is 3. The quantitative estimate of drug-likeness (QED) is 0.0949. The summed E-state index contributed by atoms with van der Waals surface area (Å²) in [5, 5.41) is 25.9. The molecule has 0 bridgehead atoms. The van der Waals surface area contributed by atoms with Crippen LogP contribution in [0.4, 0.5) is 22.7 Å². The Kier molecular flexibility index (Phi) is 9.54. The third-order valence-corrected chi connectivity index (χ3v) is 8.49. The maximum Gasteiger partial charge on any atom is 0.255 e. The number of fused-ring (bicyclic) bond motifs is 1. The number of imidazole rings is 1. The molecule has 0 fully saturated rings. The Labute approximate surface area is 302 Å². The van der Waals surface area contributed by atoms with Gasteiger partial charge in [-0.2, -0.15) is 0 Å². The van der Waals surface area contributed by atoms with Gasteiger partial charge in [0.05, 0.1) is 33.1 Å². The second-order valence-corrected chi connectivity index (χ2v) is 12.0. The molecule has 0 atom stereocenters. The van der Waals surface area contributed by atoms with Crippen molar-refractivity contribution < 1.29 is 19.8 Å². The minimum absolute atomic E-state index is 0.133. The molecule has 7 rings (SSSR count). The van der Waals surface area contributed by atoms with Gasteiger partial charge in [0.25, 0.3) is 11.8 Å². The average molecular weight is 705 g/mol. The number of phenols is 2. The van der Waals surface area contributed by atoms with Gasteiger partial charge in [0.2, 0.25) is 0 Å². The van der Waals surface area contributed by atoms with Crippen LogP contribution in [0.2, 0.25) is 5.02 Å². The highest BCUT2D eigenvalue weighted by Crippen LogP contribution is 2.32. The van der Waals surface area contributed by atoms with E-state index in [0.717, 1.165) is 5.56 Å². The van der Waals surface area contributed by atoms with E-state index in [1.165, 1.54) is 0 Å². The number of amides is 2. The van der Waals surface area contributed by atoms with Crippen molar-refractivity contribution >= 4 is 69.6 Å². The summed E-state index contributed by atoms with van der Waals surface area (Å²) in [5.41, 5.74) is 6.32.